The summed E-state index contributed by atoms with van der Waals surface area (Å²) in [6.07, 6.45) is 3.52. The van der Waals surface area contributed by atoms with Crippen LogP contribution in [0.3, 0.4) is 0 Å². The second-order valence-corrected chi connectivity index (χ2v) is 8.57. The van der Waals surface area contributed by atoms with Gasteiger partial charge in [0.1, 0.15) is 29.8 Å². The minimum atomic E-state index is -0.924. The predicted molar refractivity (Wildman–Crippen MR) is 145 cm³/mol. The second-order valence-electron chi connectivity index (χ2n) is 8.57. The average Bonchev–Trinajstić information content (AvgIpc) is 2.97. The first-order valence-corrected chi connectivity index (χ1v) is 12.7. The Hall–Kier alpha value is -4.43. The van der Waals surface area contributed by atoms with Gasteiger partial charge in [0.15, 0.2) is 0 Å². The van der Waals surface area contributed by atoms with Crippen LogP contribution < -0.4 is 9.47 Å². The number of para-hydroxylation sites is 1. The first-order chi connectivity index (χ1) is 19.0. The van der Waals surface area contributed by atoms with E-state index < -0.39 is 24.0 Å². The molecule has 3 aromatic rings. The number of carbonyl (C=O) groups excluding carboxylic acids is 3. The van der Waals surface area contributed by atoms with Crippen molar-refractivity contribution in [1.82, 2.24) is 0 Å². The van der Waals surface area contributed by atoms with Gasteiger partial charge in [0.05, 0.1) is 18.8 Å². The summed E-state index contributed by atoms with van der Waals surface area (Å²) in [6, 6.07) is 21.7. The molecular weight excluding hydrogens is 500 g/mol. The van der Waals surface area contributed by atoms with Gasteiger partial charge in [-0.3, -0.25) is 0 Å². The molecule has 39 heavy (non-hydrogen) atoms. The minimum Gasteiger partial charge on any atom is -0.493 e. The van der Waals surface area contributed by atoms with Gasteiger partial charge in [-0.2, -0.15) is 0 Å². The lowest BCUT2D eigenvalue weighted by Crippen LogP contribution is -2.13. The molecule has 0 heterocycles. The normalized spacial score (nSPS) is 11.2. The van der Waals surface area contributed by atoms with E-state index in [1.807, 2.05) is 6.07 Å². The van der Waals surface area contributed by atoms with Gasteiger partial charge in [0.2, 0.25) is 0 Å². The number of carbonyl (C=O) groups is 3. The van der Waals surface area contributed by atoms with Crippen molar-refractivity contribution in [2.24, 2.45) is 0 Å². The fraction of sp³-hybridized carbons (Fsp3) is 0.258. The van der Waals surface area contributed by atoms with Gasteiger partial charge < -0.3 is 24.1 Å². The molecule has 0 spiro atoms. The van der Waals surface area contributed by atoms with Crippen LogP contribution in [0.4, 0.5) is 0 Å². The maximum absolute atomic E-state index is 12.8. The Bertz CT molecular complexity index is 1220. The quantitative estimate of drug-likeness (QED) is 0.119. The molecule has 0 saturated carbocycles. The summed E-state index contributed by atoms with van der Waals surface area (Å²) in [4.78, 5) is 36.1. The Morgan fingerprint density at radius 3 is 2.15 bits per heavy atom. The molecular formula is C31H32O8. The molecule has 0 saturated heterocycles. The molecule has 8 nitrogen and oxygen atoms in total. The van der Waals surface area contributed by atoms with Crippen LogP contribution in [0.1, 0.15) is 58.1 Å². The molecule has 0 aliphatic rings. The van der Waals surface area contributed by atoms with Gasteiger partial charge >= 0.3 is 17.9 Å². The number of esters is 3. The van der Waals surface area contributed by atoms with Crippen LogP contribution in [0, 0.1) is 0 Å². The van der Waals surface area contributed by atoms with E-state index in [9.17, 15) is 19.5 Å². The standard InChI is InChI=1S/C31H32O8/c1-2-29(33)37-21-11-4-3-10-20-36-28-15-9-8-14-26(28)31(35)39-25-18-16-24(17-19-25)30(34)38-22-27(32)23-12-6-5-7-13-23/h2,5-9,12-19,27,32H,1,3-4,10-11,20-22H2. The zero-order valence-corrected chi connectivity index (χ0v) is 21.6. The number of aliphatic hydroxyl groups is 1. The van der Waals surface area contributed by atoms with E-state index >= 15 is 0 Å². The number of ether oxygens (including phenoxy) is 4. The lowest BCUT2D eigenvalue weighted by Gasteiger charge is -2.12. The van der Waals surface area contributed by atoms with Crippen LogP contribution in [-0.2, 0) is 14.3 Å². The summed E-state index contributed by atoms with van der Waals surface area (Å²) in [5, 5.41) is 10.2. The van der Waals surface area contributed by atoms with E-state index in [1.165, 1.54) is 24.3 Å². The van der Waals surface area contributed by atoms with E-state index in [-0.39, 0.29) is 23.5 Å². The van der Waals surface area contributed by atoms with Crippen LogP contribution in [0.5, 0.6) is 11.5 Å². The molecule has 1 unspecified atom stereocenters. The van der Waals surface area contributed by atoms with Crippen LogP contribution in [0.15, 0.2) is 91.5 Å². The number of hydrogen-bond acceptors (Lipinski definition) is 8. The van der Waals surface area contributed by atoms with Gasteiger partial charge in [-0.25, -0.2) is 14.4 Å². The van der Waals surface area contributed by atoms with E-state index in [0.717, 1.165) is 31.8 Å². The highest BCUT2D eigenvalue weighted by Crippen LogP contribution is 2.22. The molecule has 0 aromatic heterocycles. The molecule has 0 radical (unpaired) electrons. The molecule has 1 N–H and O–H groups in total. The largest absolute Gasteiger partial charge is 0.493 e. The van der Waals surface area contributed by atoms with Crippen LogP contribution in [-0.4, -0.2) is 42.8 Å². The summed E-state index contributed by atoms with van der Waals surface area (Å²) in [7, 11) is 0. The fourth-order valence-electron chi connectivity index (χ4n) is 3.56. The molecule has 3 aromatic carbocycles. The molecule has 0 fully saturated rings. The minimum absolute atomic E-state index is 0.179. The highest BCUT2D eigenvalue weighted by molar-refractivity contribution is 5.94. The molecule has 0 amide bonds. The Kier molecular flexibility index (Phi) is 11.8. The van der Waals surface area contributed by atoms with Crippen molar-refractivity contribution in [3.8, 4) is 11.5 Å². The average molecular weight is 533 g/mol. The second kappa shape index (κ2) is 15.7. The van der Waals surface area contributed by atoms with Gasteiger partial charge in [-0.05, 0) is 67.6 Å². The molecule has 8 heteroatoms. The lowest BCUT2D eigenvalue weighted by molar-refractivity contribution is -0.137. The van der Waals surface area contributed by atoms with Crippen molar-refractivity contribution >= 4 is 17.9 Å². The van der Waals surface area contributed by atoms with Crippen molar-refractivity contribution in [3.63, 3.8) is 0 Å². The summed E-state index contributed by atoms with van der Waals surface area (Å²) in [6.45, 7) is 3.96. The smallest absolute Gasteiger partial charge is 0.347 e. The van der Waals surface area contributed by atoms with Crippen molar-refractivity contribution in [1.29, 1.82) is 0 Å². The highest BCUT2D eigenvalue weighted by atomic mass is 16.5. The van der Waals surface area contributed by atoms with E-state index in [1.54, 1.807) is 48.5 Å². The van der Waals surface area contributed by atoms with Crippen molar-refractivity contribution in [3.05, 3.63) is 108 Å². The Morgan fingerprint density at radius 1 is 0.769 bits per heavy atom. The summed E-state index contributed by atoms with van der Waals surface area (Å²) < 4.78 is 21.4. The highest BCUT2D eigenvalue weighted by Gasteiger charge is 2.16. The third-order valence-corrected chi connectivity index (χ3v) is 5.67. The third kappa shape index (κ3) is 9.75. The van der Waals surface area contributed by atoms with Crippen molar-refractivity contribution < 1.29 is 38.4 Å². The van der Waals surface area contributed by atoms with Gasteiger partial charge in [0, 0.05) is 6.08 Å². The van der Waals surface area contributed by atoms with Crippen LogP contribution in [0.25, 0.3) is 0 Å². The number of aliphatic hydroxyl groups excluding tert-OH is 1. The Labute approximate surface area is 227 Å². The van der Waals surface area contributed by atoms with Crippen molar-refractivity contribution in [2.75, 3.05) is 19.8 Å². The lowest BCUT2D eigenvalue weighted by atomic mass is 10.1. The molecule has 3 rings (SSSR count). The predicted octanol–water partition coefficient (Wildman–Crippen LogP) is 5.46. The molecule has 0 bridgehead atoms. The first kappa shape index (κ1) is 29.1. The molecule has 1 atom stereocenters. The van der Waals surface area contributed by atoms with Gasteiger partial charge in [-0.1, -0.05) is 49.0 Å². The topological polar surface area (TPSA) is 108 Å². The SMILES string of the molecule is C=CC(=O)OCCCCCCOc1ccccc1C(=O)Oc1ccc(C(=O)OCC(O)c2ccccc2)cc1. The Morgan fingerprint density at radius 2 is 1.44 bits per heavy atom. The third-order valence-electron chi connectivity index (χ3n) is 5.67. The maximum atomic E-state index is 12.8. The molecule has 0 aliphatic carbocycles. The van der Waals surface area contributed by atoms with E-state index in [4.69, 9.17) is 18.9 Å². The van der Waals surface area contributed by atoms with Crippen molar-refractivity contribution in [2.45, 2.75) is 31.8 Å². The fourth-order valence-corrected chi connectivity index (χ4v) is 3.56. The molecule has 0 aliphatic heterocycles. The van der Waals surface area contributed by atoms with Crippen LogP contribution in [0.2, 0.25) is 0 Å². The number of hydrogen-bond donors (Lipinski definition) is 1. The van der Waals surface area contributed by atoms with E-state index in [0.29, 0.717) is 24.5 Å². The van der Waals surface area contributed by atoms with Gasteiger partial charge in [-0.15, -0.1) is 0 Å². The monoisotopic (exact) mass is 532 g/mol. The Balaban J connectivity index is 1.44. The number of benzene rings is 3. The summed E-state index contributed by atoms with van der Waals surface area (Å²) >= 11 is 0. The molecule has 204 valence electrons. The van der Waals surface area contributed by atoms with E-state index in [2.05, 4.69) is 6.58 Å². The number of rotatable bonds is 15. The maximum Gasteiger partial charge on any atom is 0.347 e. The zero-order chi connectivity index (χ0) is 27.9. The zero-order valence-electron chi connectivity index (χ0n) is 21.6. The summed E-state index contributed by atoms with van der Waals surface area (Å²) in [5.74, 6) is -0.932. The number of unbranched alkanes of at least 4 members (excludes halogenated alkanes) is 3. The summed E-state index contributed by atoms with van der Waals surface area (Å²) in [5.41, 5.74) is 1.20. The van der Waals surface area contributed by atoms with Crippen LogP contribution >= 0.6 is 0 Å². The first-order valence-electron chi connectivity index (χ1n) is 12.7. The van der Waals surface area contributed by atoms with Gasteiger partial charge in [0.25, 0.3) is 0 Å².